The lowest BCUT2D eigenvalue weighted by atomic mass is 10.1. The first-order chi connectivity index (χ1) is 10.7. The third-order valence-corrected chi connectivity index (χ3v) is 4.56. The fourth-order valence-electron chi connectivity index (χ4n) is 2.50. The monoisotopic (exact) mass is 319 g/mol. The van der Waals surface area contributed by atoms with E-state index in [2.05, 4.69) is 0 Å². The molecule has 1 fully saturated rings. The van der Waals surface area contributed by atoms with E-state index in [-0.39, 0.29) is 16.7 Å². The summed E-state index contributed by atoms with van der Waals surface area (Å²) < 4.78 is 11.6. The van der Waals surface area contributed by atoms with Crippen LogP contribution < -0.4 is 4.74 Å². The third-order valence-electron chi connectivity index (χ3n) is 3.66. The molecule has 0 unspecified atom stereocenters. The van der Waals surface area contributed by atoms with Gasteiger partial charge < -0.3 is 9.47 Å². The molecule has 1 aliphatic heterocycles. The topological polar surface area (TPSA) is 61.6 Å². The van der Waals surface area contributed by atoms with Gasteiger partial charge in [0.25, 0.3) is 5.69 Å². The van der Waals surface area contributed by atoms with Crippen molar-refractivity contribution in [2.75, 3.05) is 13.2 Å². The minimum atomic E-state index is -0.384. The first kappa shape index (κ1) is 15.0. The molecule has 1 saturated heterocycles. The Morgan fingerprint density at radius 1 is 1.36 bits per heavy atom. The van der Waals surface area contributed by atoms with E-state index < -0.39 is 0 Å². The number of rotatable bonds is 5. The van der Waals surface area contributed by atoms with Crippen molar-refractivity contribution in [3.63, 3.8) is 0 Å². The molecular formula is C16H17NO4S. The molecule has 1 aliphatic rings. The highest BCUT2D eigenvalue weighted by atomic mass is 32.1. The molecule has 1 aromatic heterocycles. The molecule has 0 N–H and O–H groups in total. The maximum Gasteiger partial charge on any atom is 0.270 e. The molecule has 0 amide bonds. The van der Waals surface area contributed by atoms with Crippen molar-refractivity contribution in [3.8, 4) is 16.2 Å². The summed E-state index contributed by atoms with van der Waals surface area (Å²) in [5.41, 5.74) is 0.838. The Morgan fingerprint density at radius 2 is 2.27 bits per heavy atom. The van der Waals surface area contributed by atoms with Crippen molar-refractivity contribution in [2.45, 2.75) is 25.4 Å². The second-order valence-corrected chi connectivity index (χ2v) is 6.16. The molecule has 0 bridgehead atoms. The summed E-state index contributed by atoms with van der Waals surface area (Å²) in [5, 5.41) is 12.9. The van der Waals surface area contributed by atoms with Crippen molar-refractivity contribution in [1.82, 2.24) is 0 Å². The van der Waals surface area contributed by atoms with Crippen LogP contribution in [0.4, 0.5) is 5.69 Å². The lowest BCUT2D eigenvalue weighted by Crippen LogP contribution is -2.25. The Bertz CT molecular complexity index is 636. The van der Waals surface area contributed by atoms with Crippen LogP contribution in [-0.2, 0) is 4.74 Å². The standard InChI is InChI=1S/C16H17NO4S/c18-17(19)12-6-7-15(14(10-12)16-5-3-9-22-16)21-11-13-4-1-2-8-20-13/h3,5-7,9-10,13H,1-2,4,8,11H2/t13-/m1/s1. The van der Waals surface area contributed by atoms with E-state index in [1.54, 1.807) is 12.1 Å². The molecule has 0 radical (unpaired) electrons. The summed E-state index contributed by atoms with van der Waals surface area (Å²) in [5.74, 6) is 0.669. The van der Waals surface area contributed by atoms with Crippen molar-refractivity contribution in [1.29, 1.82) is 0 Å². The minimum absolute atomic E-state index is 0.0738. The normalized spacial score (nSPS) is 18.1. The number of benzene rings is 1. The van der Waals surface area contributed by atoms with Crippen molar-refractivity contribution in [3.05, 3.63) is 45.8 Å². The SMILES string of the molecule is O=[N+]([O-])c1ccc(OC[C@H]2CCCCO2)c(-c2cccs2)c1. The number of hydrogen-bond acceptors (Lipinski definition) is 5. The Hall–Kier alpha value is -1.92. The van der Waals surface area contributed by atoms with E-state index in [9.17, 15) is 10.1 Å². The zero-order valence-corrected chi connectivity index (χ0v) is 12.9. The highest BCUT2D eigenvalue weighted by Crippen LogP contribution is 2.36. The highest BCUT2D eigenvalue weighted by Gasteiger charge is 2.18. The Labute approximate surface area is 132 Å². The smallest absolute Gasteiger partial charge is 0.270 e. The van der Waals surface area contributed by atoms with Gasteiger partial charge in [-0.15, -0.1) is 11.3 Å². The lowest BCUT2D eigenvalue weighted by Gasteiger charge is -2.23. The summed E-state index contributed by atoms with van der Waals surface area (Å²) in [6.45, 7) is 1.27. The van der Waals surface area contributed by atoms with E-state index in [1.165, 1.54) is 17.4 Å². The van der Waals surface area contributed by atoms with Gasteiger partial charge in [0, 0.05) is 29.2 Å². The largest absolute Gasteiger partial charge is 0.490 e. The van der Waals surface area contributed by atoms with E-state index in [4.69, 9.17) is 9.47 Å². The van der Waals surface area contributed by atoms with E-state index in [1.807, 2.05) is 17.5 Å². The average molecular weight is 319 g/mol. The molecule has 0 aliphatic carbocycles. The van der Waals surface area contributed by atoms with Crippen LogP contribution in [-0.4, -0.2) is 24.2 Å². The Balaban J connectivity index is 1.81. The van der Waals surface area contributed by atoms with Gasteiger partial charge in [-0.25, -0.2) is 0 Å². The van der Waals surface area contributed by atoms with Crippen LogP contribution in [0, 0.1) is 10.1 Å². The first-order valence-electron chi connectivity index (χ1n) is 7.31. The van der Waals surface area contributed by atoms with Crippen molar-refractivity contribution >= 4 is 17.0 Å². The van der Waals surface area contributed by atoms with E-state index >= 15 is 0 Å². The second kappa shape index (κ2) is 6.89. The summed E-state index contributed by atoms with van der Waals surface area (Å²) in [6.07, 6.45) is 3.38. The maximum absolute atomic E-state index is 11.0. The molecule has 5 nitrogen and oxygen atoms in total. The zero-order valence-electron chi connectivity index (χ0n) is 12.1. The molecule has 2 heterocycles. The third kappa shape index (κ3) is 3.45. The highest BCUT2D eigenvalue weighted by molar-refractivity contribution is 7.13. The number of hydrogen-bond donors (Lipinski definition) is 0. The molecule has 6 heteroatoms. The molecule has 116 valence electrons. The van der Waals surface area contributed by atoms with Gasteiger partial charge in [0.15, 0.2) is 0 Å². The fraction of sp³-hybridized carbons (Fsp3) is 0.375. The summed E-state index contributed by atoms with van der Waals surface area (Å²) in [7, 11) is 0. The van der Waals surface area contributed by atoms with Gasteiger partial charge in [0.05, 0.1) is 11.0 Å². The molecule has 1 atom stereocenters. The van der Waals surface area contributed by atoms with Gasteiger partial charge in [-0.1, -0.05) is 6.07 Å². The summed E-state index contributed by atoms with van der Waals surface area (Å²) >= 11 is 1.54. The quantitative estimate of drug-likeness (QED) is 0.610. The summed E-state index contributed by atoms with van der Waals surface area (Å²) in [6, 6.07) is 8.59. The van der Waals surface area contributed by atoms with Gasteiger partial charge in [-0.2, -0.15) is 0 Å². The van der Waals surface area contributed by atoms with Crippen LogP contribution in [0.1, 0.15) is 19.3 Å². The number of nitrogens with zero attached hydrogens (tertiary/aromatic N) is 1. The number of non-ortho nitro benzene ring substituents is 1. The maximum atomic E-state index is 11.0. The molecule has 2 aromatic rings. The fourth-order valence-corrected chi connectivity index (χ4v) is 3.25. The minimum Gasteiger partial charge on any atom is -0.490 e. The Morgan fingerprint density at radius 3 is 2.95 bits per heavy atom. The molecular weight excluding hydrogens is 302 g/mol. The van der Waals surface area contributed by atoms with Crippen LogP contribution >= 0.6 is 11.3 Å². The van der Waals surface area contributed by atoms with Crippen LogP contribution in [0.2, 0.25) is 0 Å². The summed E-state index contributed by atoms with van der Waals surface area (Å²) in [4.78, 5) is 11.6. The van der Waals surface area contributed by atoms with Crippen LogP contribution in [0.15, 0.2) is 35.7 Å². The first-order valence-corrected chi connectivity index (χ1v) is 8.19. The van der Waals surface area contributed by atoms with Crippen LogP contribution in [0.5, 0.6) is 5.75 Å². The Kier molecular flexibility index (Phi) is 4.70. The predicted octanol–water partition coefficient (Wildman–Crippen LogP) is 4.27. The van der Waals surface area contributed by atoms with Gasteiger partial charge in [0.1, 0.15) is 12.4 Å². The van der Waals surface area contributed by atoms with Gasteiger partial charge in [-0.3, -0.25) is 10.1 Å². The number of nitro benzene ring substituents is 1. The van der Waals surface area contributed by atoms with Gasteiger partial charge in [-0.05, 0) is 36.8 Å². The predicted molar refractivity (Wildman–Crippen MR) is 85.5 cm³/mol. The number of thiophene rings is 1. The molecule has 1 aromatic carbocycles. The van der Waals surface area contributed by atoms with E-state index in [0.29, 0.717) is 12.4 Å². The molecule has 3 rings (SSSR count). The molecule has 0 spiro atoms. The van der Waals surface area contributed by atoms with Crippen molar-refractivity contribution in [2.24, 2.45) is 0 Å². The second-order valence-electron chi connectivity index (χ2n) is 5.21. The number of ether oxygens (including phenoxy) is 2. The van der Waals surface area contributed by atoms with Gasteiger partial charge in [0.2, 0.25) is 0 Å². The molecule has 22 heavy (non-hydrogen) atoms. The lowest BCUT2D eigenvalue weighted by molar-refractivity contribution is -0.384. The molecule has 0 saturated carbocycles. The van der Waals surface area contributed by atoms with Crippen LogP contribution in [0.3, 0.4) is 0 Å². The van der Waals surface area contributed by atoms with Gasteiger partial charge >= 0.3 is 0 Å². The van der Waals surface area contributed by atoms with E-state index in [0.717, 1.165) is 36.3 Å². The average Bonchev–Trinajstić information content (AvgIpc) is 3.08. The zero-order chi connectivity index (χ0) is 15.4. The number of nitro groups is 1. The van der Waals surface area contributed by atoms with Crippen LogP contribution in [0.25, 0.3) is 10.4 Å². The van der Waals surface area contributed by atoms with Crippen molar-refractivity contribution < 1.29 is 14.4 Å².